The van der Waals surface area contributed by atoms with Crippen molar-refractivity contribution in [1.29, 1.82) is 0 Å². The molecule has 1 aliphatic heterocycles. The van der Waals surface area contributed by atoms with Crippen molar-refractivity contribution in [1.82, 2.24) is 5.32 Å². The van der Waals surface area contributed by atoms with Crippen molar-refractivity contribution in [3.05, 3.63) is 0 Å². The van der Waals surface area contributed by atoms with Gasteiger partial charge in [-0.15, -0.1) is 0 Å². The molecule has 72 valence electrons. The van der Waals surface area contributed by atoms with Crippen LogP contribution in [0.5, 0.6) is 0 Å². The van der Waals surface area contributed by atoms with Crippen LogP contribution >= 0.6 is 0 Å². The van der Waals surface area contributed by atoms with Crippen LogP contribution in [0.4, 0.5) is 0 Å². The highest BCUT2D eigenvalue weighted by Gasteiger charge is 2.55. The lowest BCUT2D eigenvalue weighted by molar-refractivity contribution is -0.133. The zero-order valence-electron chi connectivity index (χ0n) is 7.57. The number of carbonyl (C=O) groups excluding carboxylic acids is 1. The van der Waals surface area contributed by atoms with Crippen LogP contribution in [0.1, 0.15) is 19.3 Å². The Labute approximate surface area is 77.5 Å². The fourth-order valence-electron chi connectivity index (χ4n) is 3.72. The van der Waals surface area contributed by atoms with E-state index in [1.54, 1.807) is 0 Å². The summed E-state index contributed by atoms with van der Waals surface area (Å²) in [5.74, 6) is 1.83. The Balaban J connectivity index is 1.91. The first kappa shape index (κ1) is 7.80. The summed E-state index contributed by atoms with van der Waals surface area (Å²) in [6, 6.07) is 0. The van der Waals surface area contributed by atoms with Gasteiger partial charge in [0.1, 0.15) is 0 Å². The minimum atomic E-state index is -0.199. The SMILES string of the molecule is O=C1NCC[C@H]2[C@@H]3C[C@H]([C@@H]12)[C@@H](O)C3. The highest BCUT2D eigenvalue weighted by Crippen LogP contribution is 2.54. The molecule has 0 aromatic heterocycles. The fraction of sp³-hybridized carbons (Fsp3) is 0.900. The Morgan fingerprint density at radius 2 is 2.15 bits per heavy atom. The third-order valence-corrected chi connectivity index (χ3v) is 4.22. The smallest absolute Gasteiger partial charge is 0.223 e. The number of hydrogen-bond acceptors (Lipinski definition) is 2. The maximum absolute atomic E-state index is 11.6. The van der Waals surface area contributed by atoms with Gasteiger partial charge in [-0.05, 0) is 37.0 Å². The molecule has 13 heavy (non-hydrogen) atoms. The van der Waals surface area contributed by atoms with Crippen molar-refractivity contribution in [2.75, 3.05) is 6.54 Å². The van der Waals surface area contributed by atoms with E-state index < -0.39 is 0 Å². The monoisotopic (exact) mass is 181 g/mol. The highest BCUT2D eigenvalue weighted by atomic mass is 16.3. The van der Waals surface area contributed by atoms with Crippen LogP contribution < -0.4 is 5.32 Å². The molecule has 0 aromatic carbocycles. The van der Waals surface area contributed by atoms with E-state index in [1.165, 1.54) is 0 Å². The molecule has 3 nitrogen and oxygen atoms in total. The first-order chi connectivity index (χ1) is 6.27. The molecule has 0 unspecified atom stereocenters. The molecule has 5 atom stereocenters. The van der Waals surface area contributed by atoms with E-state index in [1.807, 2.05) is 0 Å². The molecule has 1 amide bonds. The van der Waals surface area contributed by atoms with Gasteiger partial charge in [-0.3, -0.25) is 4.79 Å². The molecule has 1 saturated heterocycles. The molecule has 2 saturated carbocycles. The molecule has 2 bridgehead atoms. The summed E-state index contributed by atoms with van der Waals surface area (Å²) in [5, 5.41) is 12.6. The van der Waals surface area contributed by atoms with Crippen LogP contribution in [0.25, 0.3) is 0 Å². The molecule has 0 aromatic rings. The summed E-state index contributed by atoms with van der Waals surface area (Å²) in [7, 11) is 0. The maximum Gasteiger partial charge on any atom is 0.223 e. The van der Waals surface area contributed by atoms with Crippen molar-refractivity contribution < 1.29 is 9.90 Å². The van der Waals surface area contributed by atoms with E-state index >= 15 is 0 Å². The normalized spacial score (nSPS) is 53.3. The standard InChI is InChI=1S/C10H15NO2/c12-8-4-5-3-7(8)9-6(5)1-2-11-10(9)13/h5-9,12H,1-4H2,(H,11,13)/t5-,6+,7+,8+,9+/m1/s1. The van der Waals surface area contributed by atoms with Gasteiger partial charge in [-0.1, -0.05) is 0 Å². The predicted octanol–water partition coefficient (Wildman–Crippen LogP) is 0.139. The van der Waals surface area contributed by atoms with Crippen LogP contribution in [0, 0.1) is 23.7 Å². The second-order valence-corrected chi connectivity index (χ2v) is 4.73. The van der Waals surface area contributed by atoms with Crippen molar-refractivity contribution in [2.45, 2.75) is 25.4 Å². The second-order valence-electron chi connectivity index (χ2n) is 4.73. The second kappa shape index (κ2) is 2.47. The van der Waals surface area contributed by atoms with Crippen molar-refractivity contribution >= 4 is 5.91 Å². The van der Waals surface area contributed by atoms with Gasteiger partial charge in [-0.25, -0.2) is 0 Å². The van der Waals surface area contributed by atoms with Gasteiger partial charge in [0.05, 0.1) is 6.10 Å². The Hall–Kier alpha value is -0.570. The minimum absolute atomic E-state index is 0.141. The Morgan fingerprint density at radius 3 is 3.00 bits per heavy atom. The molecule has 2 aliphatic carbocycles. The van der Waals surface area contributed by atoms with Gasteiger partial charge in [0.25, 0.3) is 0 Å². The van der Waals surface area contributed by atoms with E-state index in [4.69, 9.17) is 0 Å². The van der Waals surface area contributed by atoms with Crippen LogP contribution in [0.3, 0.4) is 0 Å². The van der Waals surface area contributed by atoms with Crippen molar-refractivity contribution in [3.63, 3.8) is 0 Å². The van der Waals surface area contributed by atoms with E-state index in [-0.39, 0.29) is 23.8 Å². The number of rotatable bonds is 0. The van der Waals surface area contributed by atoms with Crippen molar-refractivity contribution in [3.8, 4) is 0 Å². The van der Waals surface area contributed by atoms with E-state index in [2.05, 4.69) is 5.32 Å². The lowest BCUT2D eigenvalue weighted by atomic mass is 9.74. The van der Waals surface area contributed by atoms with E-state index in [0.717, 1.165) is 25.8 Å². The van der Waals surface area contributed by atoms with Gasteiger partial charge in [0.2, 0.25) is 5.91 Å². The summed E-state index contributed by atoms with van der Waals surface area (Å²) in [6.45, 7) is 0.847. The van der Waals surface area contributed by atoms with Gasteiger partial charge in [0, 0.05) is 12.5 Å². The third kappa shape index (κ3) is 0.909. The van der Waals surface area contributed by atoms with Gasteiger partial charge in [-0.2, -0.15) is 0 Å². The molecule has 2 N–H and O–H groups in total. The van der Waals surface area contributed by atoms with Gasteiger partial charge in [0.15, 0.2) is 0 Å². The summed E-state index contributed by atoms with van der Waals surface area (Å²) in [4.78, 5) is 11.6. The lowest BCUT2D eigenvalue weighted by Gasteiger charge is -2.36. The van der Waals surface area contributed by atoms with Crippen LogP contribution in [-0.4, -0.2) is 23.7 Å². The Morgan fingerprint density at radius 1 is 1.31 bits per heavy atom. The number of aliphatic hydroxyl groups excluding tert-OH is 1. The molecule has 3 aliphatic rings. The summed E-state index contributed by atoms with van der Waals surface area (Å²) >= 11 is 0. The number of fused-ring (bicyclic) bond motifs is 5. The Kier molecular flexibility index (Phi) is 1.48. The number of aliphatic hydroxyl groups is 1. The third-order valence-electron chi connectivity index (χ3n) is 4.22. The number of hydrogen-bond donors (Lipinski definition) is 2. The predicted molar refractivity (Wildman–Crippen MR) is 46.8 cm³/mol. The molecular formula is C10H15NO2. The number of carbonyl (C=O) groups is 1. The zero-order chi connectivity index (χ0) is 9.00. The number of nitrogens with one attached hydrogen (secondary N) is 1. The molecule has 0 radical (unpaired) electrons. The van der Waals surface area contributed by atoms with Crippen molar-refractivity contribution in [2.24, 2.45) is 23.7 Å². The quantitative estimate of drug-likeness (QED) is 0.558. The molecule has 3 heteroatoms. The van der Waals surface area contributed by atoms with E-state index in [0.29, 0.717) is 11.8 Å². The number of amides is 1. The number of piperidine rings is 1. The molecule has 1 heterocycles. The summed E-state index contributed by atoms with van der Waals surface area (Å²) in [6.07, 6.45) is 2.96. The van der Waals surface area contributed by atoms with Crippen LogP contribution in [0.15, 0.2) is 0 Å². The summed E-state index contributed by atoms with van der Waals surface area (Å²) in [5.41, 5.74) is 0. The highest BCUT2D eigenvalue weighted by molar-refractivity contribution is 5.80. The maximum atomic E-state index is 11.6. The van der Waals surface area contributed by atoms with Gasteiger partial charge >= 0.3 is 0 Å². The summed E-state index contributed by atoms with van der Waals surface area (Å²) < 4.78 is 0. The molecule has 3 fully saturated rings. The topological polar surface area (TPSA) is 49.3 Å². The molecule has 0 spiro atoms. The first-order valence-corrected chi connectivity index (χ1v) is 5.23. The molecular weight excluding hydrogens is 166 g/mol. The van der Waals surface area contributed by atoms with Crippen LogP contribution in [-0.2, 0) is 4.79 Å². The van der Waals surface area contributed by atoms with Gasteiger partial charge < -0.3 is 10.4 Å². The largest absolute Gasteiger partial charge is 0.393 e. The average molecular weight is 181 g/mol. The Bertz CT molecular complexity index is 251. The lowest BCUT2D eigenvalue weighted by Crippen LogP contribution is -2.47. The van der Waals surface area contributed by atoms with E-state index in [9.17, 15) is 9.90 Å². The fourth-order valence-corrected chi connectivity index (χ4v) is 3.72. The average Bonchev–Trinajstić information content (AvgIpc) is 2.62. The van der Waals surface area contributed by atoms with Crippen LogP contribution in [0.2, 0.25) is 0 Å². The zero-order valence-corrected chi connectivity index (χ0v) is 7.57. The molecule has 3 rings (SSSR count). The minimum Gasteiger partial charge on any atom is -0.393 e. The first-order valence-electron chi connectivity index (χ1n) is 5.23.